The number of nitrogens with zero attached hydrogens (tertiary/aromatic N) is 1. The van der Waals surface area contributed by atoms with E-state index in [1.807, 2.05) is 4.90 Å². The number of amides is 1. The van der Waals surface area contributed by atoms with E-state index in [4.69, 9.17) is 9.47 Å². The average Bonchev–Trinajstić information content (AvgIpc) is 3.54. The Morgan fingerprint density at radius 3 is 2.84 bits per heavy atom. The number of fused-ring (bicyclic) bond motifs is 2. The number of nitrogens with one attached hydrogen (secondary N) is 1. The van der Waals surface area contributed by atoms with Crippen molar-refractivity contribution in [2.24, 2.45) is 5.92 Å². The van der Waals surface area contributed by atoms with Crippen molar-refractivity contribution >= 4 is 17.3 Å². The molecule has 5 nitrogen and oxygen atoms in total. The molecular weight excluding hydrogens is 388 g/mol. The summed E-state index contributed by atoms with van der Waals surface area (Å²) in [5.74, 6) is 2.27. The third-order valence-corrected chi connectivity index (χ3v) is 6.74. The van der Waals surface area contributed by atoms with Crippen molar-refractivity contribution in [1.29, 1.82) is 0 Å². The lowest BCUT2D eigenvalue weighted by Crippen LogP contribution is -2.34. The van der Waals surface area contributed by atoms with E-state index in [2.05, 4.69) is 48.4 Å². The quantitative estimate of drug-likeness (QED) is 0.526. The molecule has 3 aromatic rings. The summed E-state index contributed by atoms with van der Waals surface area (Å²) in [6, 6.07) is 10.8. The zero-order chi connectivity index (χ0) is 21.4. The maximum atomic E-state index is 11.9. The number of benzene rings is 2. The molecule has 0 bridgehead atoms. The first-order valence-electron chi connectivity index (χ1n) is 11.3. The number of H-pyrrole nitrogens is 1. The molecule has 0 unspecified atom stereocenters. The second-order valence-electron chi connectivity index (χ2n) is 8.97. The normalized spacial score (nSPS) is 18.1. The van der Waals surface area contributed by atoms with Gasteiger partial charge in [0.15, 0.2) is 11.5 Å². The number of rotatable bonds is 8. The maximum Gasteiger partial charge on any atom is 0.210 e. The van der Waals surface area contributed by atoms with E-state index in [1.54, 1.807) is 7.11 Å². The minimum absolute atomic E-state index is 0.0471. The van der Waals surface area contributed by atoms with Gasteiger partial charge in [0.1, 0.15) is 0 Å². The van der Waals surface area contributed by atoms with Crippen molar-refractivity contribution in [3.8, 4) is 11.5 Å². The SMILES string of the molecule is COc1cc2c(cc1OCC1CC1)[C@H](CCc1c[nH]c3cc(C)ccc13)N(C=O)CC2. The van der Waals surface area contributed by atoms with E-state index in [0.29, 0.717) is 5.92 Å². The van der Waals surface area contributed by atoms with E-state index in [-0.39, 0.29) is 6.04 Å². The van der Waals surface area contributed by atoms with Crippen molar-refractivity contribution in [1.82, 2.24) is 9.88 Å². The van der Waals surface area contributed by atoms with Crippen LogP contribution in [0.2, 0.25) is 0 Å². The van der Waals surface area contributed by atoms with Gasteiger partial charge in [0.05, 0.1) is 19.8 Å². The highest BCUT2D eigenvalue weighted by molar-refractivity contribution is 5.83. The molecule has 2 aliphatic rings. The second-order valence-corrected chi connectivity index (χ2v) is 8.97. The Bertz CT molecular complexity index is 1100. The molecule has 162 valence electrons. The van der Waals surface area contributed by atoms with Crippen LogP contribution in [0.4, 0.5) is 0 Å². The summed E-state index contributed by atoms with van der Waals surface area (Å²) in [5.41, 5.74) is 6.18. The van der Waals surface area contributed by atoms with Crippen LogP contribution in [0.1, 0.15) is 47.6 Å². The van der Waals surface area contributed by atoms with E-state index in [9.17, 15) is 4.79 Å². The molecule has 2 heterocycles. The monoisotopic (exact) mass is 418 g/mol. The minimum atomic E-state index is 0.0471. The van der Waals surface area contributed by atoms with Crippen LogP contribution in [0.5, 0.6) is 11.5 Å². The molecule has 1 aliphatic carbocycles. The fraction of sp³-hybridized carbons (Fsp3) is 0.423. The first-order valence-corrected chi connectivity index (χ1v) is 11.3. The molecule has 5 rings (SSSR count). The van der Waals surface area contributed by atoms with Crippen molar-refractivity contribution < 1.29 is 14.3 Å². The largest absolute Gasteiger partial charge is 0.493 e. The standard InChI is InChI=1S/C26H30N2O3/c1-17-3-7-21-20(14-27-23(21)11-17)6-8-24-22-13-26(31-15-18-4-5-18)25(30-2)12-19(22)9-10-28(24)16-29/h3,7,11-14,16,18,24,27H,4-6,8-10,15H2,1-2H3/t24-/m0/s1. The number of methoxy groups -OCH3 is 1. The first-order chi connectivity index (χ1) is 15.2. The summed E-state index contributed by atoms with van der Waals surface area (Å²) in [7, 11) is 1.70. The summed E-state index contributed by atoms with van der Waals surface area (Å²) in [5, 5.41) is 1.27. The smallest absolute Gasteiger partial charge is 0.210 e. The van der Waals surface area contributed by atoms with Crippen molar-refractivity contribution in [2.75, 3.05) is 20.3 Å². The first kappa shape index (κ1) is 20.0. The van der Waals surface area contributed by atoms with Crippen molar-refractivity contribution in [3.05, 3.63) is 58.8 Å². The molecule has 1 saturated carbocycles. The van der Waals surface area contributed by atoms with E-state index in [1.165, 1.54) is 46.0 Å². The van der Waals surface area contributed by atoms with Crippen LogP contribution in [0.3, 0.4) is 0 Å². The molecule has 1 aromatic heterocycles. The molecule has 1 amide bonds. The summed E-state index contributed by atoms with van der Waals surface area (Å²) in [6.45, 7) is 3.59. The zero-order valence-electron chi connectivity index (χ0n) is 18.3. The molecule has 0 spiro atoms. The van der Waals surface area contributed by atoms with E-state index >= 15 is 0 Å². The van der Waals surface area contributed by atoms with Gasteiger partial charge in [-0.2, -0.15) is 0 Å². The van der Waals surface area contributed by atoms with Crippen LogP contribution in [0, 0.1) is 12.8 Å². The fourth-order valence-corrected chi connectivity index (χ4v) is 4.74. The van der Waals surface area contributed by atoms with Gasteiger partial charge in [0.25, 0.3) is 0 Å². The number of aromatic nitrogens is 1. The third-order valence-electron chi connectivity index (χ3n) is 6.74. The summed E-state index contributed by atoms with van der Waals surface area (Å²) in [4.78, 5) is 17.2. The van der Waals surface area contributed by atoms with Gasteiger partial charge in [-0.3, -0.25) is 4.79 Å². The number of ether oxygens (including phenoxy) is 2. The predicted molar refractivity (Wildman–Crippen MR) is 122 cm³/mol. The number of aryl methyl sites for hydroxylation is 2. The van der Waals surface area contributed by atoms with Crippen LogP contribution >= 0.6 is 0 Å². The molecule has 1 fully saturated rings. The van der Waals surface area contributed by atoms with Gasteiger partial charge >= 0.3 is 0 Å². The Balaban J connectivity index is 1.42. The number of hydrogen-bond donors (Lipinski definition) is 1. The molecule has 1 aliphatic heterocycles. The van der Waals surface area contributed by atoms with Crippen LogP contribution in [0.15, 0.2) is 36.5 Å². The summed E-state index contributed by atoms with van der Waals surface area (Å²) in [6.07, 6.45) is 8.23. The molecule has 2 aromatic carbocycles. The highest BCUT2D eigenvalue weighted by atomic mass is 16.5. The Labute approximate surface area is 183 Å². The molecule has 0 saturated heterocycles. The highest BCUT2D eigenvalue weighted by Crippen LogP contribution is 2.41. The minimum Gasteiger partial charge on any atom is -0.493 e. The Morgan fingerprint density at radius 1 is 1.19 bits per heavy atom. The molecule has 1 N–H and O–H groups in total. The van der Waals surface area contributed by atoms with Crippen molar-refractivity contribution in [3.63, 3.8) is 0 Å². The lowest BCUT2D eigenvalue weighted by atomic mass is 9.88. The van der Waals surface area contributed by atoms with Gasteiger partial charge in [-0.05, 0) is 85.4 Å². The van der Waals surface area contributed by atoms with Gasteiger partial charge in [-0.15, -0.1) is 0 Å². The van der Waals surface area contributed by atoms with Crippen LogP contribution in [-0.2, 0) is 17.6 Å². The second kappa shape index (κ2) is 8.29. The highest BCUT2D eigenvalue weighted by Gasteiger charge is 2.29. The summed E-state index contributed by atoms with van der Waals surface area (Å²) >= 11 is 0. The number of aromatic amines is 1. The van der Waals surface area contributed by atoms with E-state index in [0.717, 1.165) is 50.3 Å². The van der Waals surface area contributed by atoms with Gasteiger partial charge in [-0.1, -0.05) is 12.1 Å². The van der Waals surface area contributed by atoms with Gasteiger partial charge < -0.3 is 19.4 Å². The molecule has 5 heteroatoms. The van der Waals surface area contributed by atoms with Crippen LogP contribution in [-0.4, -0.2) is 36.6 Å². The third kappa shape index (κ3) is 4.01. The maximum absolute atomic E-state index is 11.9. The van der Waals surface area contributed by atoms with Gasteiger partial charge in [0.2, 0.25) is 6.41 Å². The zero-order valence-corrected chi connectivity index (χ0v) is 18.3. The topological polar surface area (TPSA) is 54.6 Å². The van der Waals surface area contributed by atoms with Crippen LogP contribution < -0.4 is 9.47 Å². The number of hydrogen-bond acceptors (Lipinski definition) is 3. The van der Waals surface area contributed by atoms with Gasteiger partial charge in [-0.25, -0.2) is 0 Å². The Kier molecular flexibility index (Phi) is 5.34. The molecule has 1 atom stereocenters. The fourth-order valence-electron chi connectivity index (χ4n) is 4.74. The lowest BCUT2D eigenvalue weighted by molar-refractivity contribution is -0.120. The molecular formula is C26H30N2O3. The van der Waals surface area contributed by atoms with Gasteiger partial charge in [0, 0.05) is 23.6 Å². The van der Waals surface area contributed by atoms with Crippen LogP contribution in [0.25, 0.3) is 10.9 Å². The number of carbonyl (C=O) groups is 1. The van der Waals surface area contributed by atoms with Crippen molar-refractivity contribution in [2.45, 2.75) is 45.1 Å². The van der Waals surface area contributed by atoms with E-state index < -0.39 is 0 Å². The molecule has 31 heavy (non-hydrogen) atoms. The summed E-state index contributed by atoms with van der Waals surface area (Å²) < 4.78 is 11.7. The Morgan fingerprint density at radius 2 is 2.06 bits per heavy atom. The average molecular weight is 419 g/mol. The lowest BCUT2D eigenvalue weighted by Gasteiger charge is -2.35. The molecule has 0 radical (unpaired) electrons. The number of carbonyl (C=O) groups excluding carboxylic acids is 1. The Hall–Kier alpha value is -2.95. The predicted octanol–water partition coefficient (Wildman–Crippen LogP) is 4.96.